The van der Waals surface area contributed by atoms with Gasteiger partial charge in [0.25, 0.3) is 5.91 Å². The molecule has 0 aliphatic heterocycles. The van der Waals surface area contributed by atoms with Crippen molar-refractivity contribution in [3.8, 4) is 5.75 Å². The monoisotopic (exact) mass is 345 g/mol. The Hall–Kier alpha value is -3.60. The quantitative estimate of drug-likeness (QED) is 0.565. The number of rotatable bonds is 3. The largest absolute Gasteiger partial charge is 0.493 e. The van der Waals surface area contributed by atoms with Gasteiger partial charge in [-0.05, 0) is 36.4 Å². The number of carbonyl (C=O) groups excluding carboxylic acids is 1. The Balaban J connectivity index is 1.81. The fourth-order valence-electron chi connectivity index (χ4n) is 2.88. The van der Waals surface area contributed by atoms with Crippen molar-refractivity contribution < 1.29 is 13.9 Å². The topological polar surface area (TPSA) is 68.5 Å². The van der Waals surface area contributed by atoms with Gasteiger partial charge in [-0.1, -0.05) is 24.3 Å². The predicted octanol–water partition coefficient (Wildman–Crippen LogP) is 4.21. The summed E-state index contributed by atoms with van der Waals surface area (Å²) in [6.07, 6.45) is 0. The van der Waals surface area contributed by atoms with E-state index in [1.165, 1.54) is 7.11 Å². The Morgan fingerprint density at radius 3 is 2.54 bits per heavy atom. The number of para-hydroxylation sites is 1. The molecule has 0 aliphatic rings. The lowest BCUT2D eigenvalue weighted by atomic mass is 10.1. The lowest BCUT2D eigenvalue weighted by Gasteiger charge is -2.08. The zero-order valence-electron chi connectivity index (χ0n) is 14.0. The number of carbonyl (C=O) groups is 1. The Bertz CT molecular complexity index is 1180. The maximum atomic E-state index is 12.7. The van der Waals surface area contributed by atoms with Gasteiger partial charge in [-0.3, -0.25) is 9.59 Å². The molecular formula is C21H15NO4. The van der Waals surface area contributed by atoms with Crippen LogP contribution in [0, 0.1) is 0 Å². The number of hydrogen-bond donors (Lipinski definition) is 1. The number of ether oxygens (including phenoxy) is 1. The third-order valence-corrected chi connectivity index (χ3v) is 4.18. The summed E-state index contributed by atoms with van der Waals surface area (Å²) in [5, 5.41) is 3.72. The molecule has 4 aromatic rings. The number of benzene rings is 3. The van der Waals surface area contributed by atoms with Crippen LogP contribution in [0.4, 0.5) is 5.69 Å². The molecule has 0 bridgehead atoms. The molecule has 0 saturated carbocycles. The van der Waals surface area contributed by atoms with Crippen molar-refractivity contribution in [3.05, 3.63) is 82.5 Å². The first kappa shape index (κ1) is 15.9. The van der Waals surface area contributed by atoms with Gasteiger partial charge in [0.1, 0.15) is 5.58 Å². The minimum absolute atomic E-state index is 0.138. The zero-order chi connectivity index (χ0) is 18.1. The lowest BCUT2D eigenvalue weighted by Crippen LogP contribution is -2.12. The first-order valence-electron chi connectivity index (χ1n) is 8.07. The Labute approximate surface area is 148 Å². The summed E-state index contributed by atoms with van der Waals surface area (Å²) in [6.45, 7) is 0. The molecule has 4 rings (SSSR count). The molecule has 0 saturated heterocycles. The minimum atomic E-state index is -0.231. The highest BCUT2D eigenvalue weighted by Gasteiger charge is 2.13. The molecule has 0 unspecified atom stereocenters. The van der Waals surface area contributed by atoms with Gasteiger partial charge in [0.05, 0.1) is 17.9 Å². The van der Waals surface area contributed by atoms with E-state index in [0.29, 0.717) is 38.9 Å². The first-order valence-corrected chi connectivity index (χ1v) is 8.07. The highest BCUT2D eigenvalue weighted by Crippen LogP contribution is 2.28. The van der Waals surface area contributed by atoms with Crippen LogP contribution in [0.3, 0.4) is 0 Å². The normalized spacial score (nSPS) is 10.8. The van der Waals surface area contributed by atoms with E-state index in [9.17, 15) is 9.59 Å². The summed E-state index contributed by atoms with van der Waals surface area (Å²) in [7, 11) is 1.52. The summed E-state index contributed by atoms with van der Waals surface area (Å²) < 4.78 is 11.2. The molecule has 1 aromatic heterocycles. The van der Waals surface area contributed by atoms with Gasteiger partial charge < -0.3 is 14.5 Å². The molecule has 0 atom stereocenters. The molecule has 26 heavy (non-hydrogen) atoms. The van der Waals surface area contributed by atoms with E-state index in [1.54, 1.807) is 60.7 Å². The molecule has 1 amide bonds. The van der Waals surface area contributed by atoms with E-state index in [0.717, 1.165) is 0 Å². The maximum absolute atomic E-state index is 12.7. The van der Waals surface area contributed by atoms with Crippen molar-refractivity contribution >= 4 is 33.5 Å². The van der Waals surface area contributed by atoms with Crippen molar-refractivity contribution in [1.82, 2.24) is 0 Å². The molecule has 0 spiro atoms. The Morgan fingerprint density at radius 2 is 1.77 bits per heavy atom. The first-order chi connectivity index (χ1) is 12.7. The second-order valence-electron chi connectivity index (χ2n) is 5.80. The highest BCUT2D eigenvalue weighted by molar-refractivity contribution is 6.05. The molecule has 128 valence electrons. The second kappa shape index (κ2) is 6.37. The second-order valence-corrected chi connectivity index (χ2v) is 5.80. The summed E-state index contributed by atoms with van der Waals surface area (Å²) in [6, 6.07) is 19.1. The van der Waals surface area contributed by atoms with Crippen LogP contribution in [0.25, 0.3) is 21.9 Å². The van der Waals surface area contributed by atoms with Crippen LogP contribution >= 0.6 is 0 Å². The molecule has 0 radical (unpaired) electrons. The smallest absolute Gasteiger partial charge is 0.255 e. The van der Waals surface area contributed by atoms with Gasteiger partial charge in [0, 0.05) is 17.3 Å². The minimum Gasteiger partial charge on any atom is -0.493 e. The van der Waals surface area contributed by atoms with Crippen LogP contribution in [0.2, 0.25) is 0 Å². The molecule has 1 heterocycles. The number of nitrogens with one attached hydrogen (secondary N) is 1. The van der Waals surface area contributed by atoms with Crippen LogP contribution in [0.1, 0.15) is 10.4 Å². The van der Waals surface area contributed by atoms with E-state index in [-0.39, 0.29) is 11.3 Å². The Morgan fingerprint density at radius 1 is 0.962 bits per heavy atom. The summed E-state index contributed by atoms with van der Waals surface area (Å²) in [5.41, 5.74) is 1.73. The van der Waals surface area contributed by atoms with Gasteiger partial charge in [-0.25, -0.2) is 0 Å². The molecule has 0 fully saturated rings. The average Bonchev–Trinajstić information content (AvgIpc) is 2.68. The summed E-state index contributed by atoms with van der Waals surface area (Å²) in [4.78, 5) is 25.0. The Kier molecular flexibility index (Phi) is 3.89. The molecular weight excluding hydrogens is 330 g/mol. The third kappa shape index (κ3) is 2.69. The van der Waals surface area contributed by atoms with Crippen LogP contribution in [-0.4, -0.2) is 13.0 Å². The van der Waals surface area contributed by atoms with Crippen molar-refractivity contribution in [3.63, 3.8) is 0 Å². The van der Waals surface area contributed by atoms with E-state index in [4.69, 9.17) is 9.15 Å². The van der Waals surface area contributed by atoms with Crippen LogP contribution < -0.4 is 15.5 Å². The number of hydrogen-bond acceptors (Lipinski definition) is 4. The molecule has 5 nitrogen and oxygen atoms in total. The van der Waals surface area contributed by atoms with E-state index < -0.39 is 0 Å². The fourth-order valence-corrected chi connectivity index (χ4v) is 2.88. The standard InChI is InChI=1S/C21H15NO4/c1-25-17-9-5-8-16-19(23)15-11-10-14(12-18(15)26-20(16)17)22-21(24)13-6-3-2-4-7-13/h2-12H,1H3,(H,22,24). The third-order valence-electron chi connectivity index (χ3n) is 4.18. The summed E-state index contributed by atoms with van der Waals surface area (Å²) >= 11 is 0. The van der Waals surface area contributed by atoms with Gasteiger partial charge in [0.15, 0.2) is 11.3 Å². The fraction of sp³-hybridized carbons (Fsp3) is 0.0476. The molecule has 3 aromatic carbocycles. The maximum Gasteiger partial charge on any atom is 0.255 e. The van der Waals surface area contributed by atoms with E-state index in [1.807, 2.05) is 6.07 Å². The van der Waals surface area contributed by atoms with Gasteiger partial charge >= 0.3 is 0 Å². The van der Waals surface area contributed by atoms with Gasteiger partial charge in [-0.2, -0.15) is 0 Å². The predicted molar refractivity (Wildman–Crippen MR) is 101 cm³/mol. The zero-order valence-corrected chi connectivity index (χ0v) is 14.0. The number of methoxy groups -OCH3 is 1. The number of fused-ring (bicyclic) bond motifs is 2. The molecule has 5 heteroatoms. The number of amides is 1. The SMILES string of the molecule is COc1cccc2c(=O)c3ccc(NC(=O)c4ccccc4)cc3oc12. The van der Waals surface area contributed by atoms with Crippen LogP contribution in [0.5, 0.6) is 5.75 Å². The van der Waals surface area contributed by atoms with Crippen molar-refractivity contribution in [2.45, 2.75) is 0 Å². The van der Waals surface area contributed by atoms with Gasteiger partial charge in [0.2, 0.25) is 5.43 Å². The average molecular weight is 345 g/mol. The lowest BCUT2D eigenvalue weighted by molar-refractivity contribution is 0.102. The van der Waals surface area contributed by atoms with Crippen LogP contribution in [0.15, 0.2) is 75.9 Å². The molecule has 0 aliphatic carbocycles. The van der Waals surface area contributed by atoms with E-state index in [2.05, 4.69) is 5.32 Å². The number of anilines is 1. The summed E-state index contributed by atoms with van der Waals surface area (Å²) in [5.74, 6) is 0.255. The van der Waals surface area contributed by atoms with Crippen LogP contribution in [-0.2, 0) is 0 Å². The molecule has 1 N–H and O–H groups in total. The van der Waals surface area contributed by atoms with Crippen molar-refractivity contribution in [1.29, 1.82) is 0 Å². The van der Waals surface area contributed by atoms with Gasteiger partial charge in [-0.15, -0.1) is 0 Å². The highest BCUT2D eigenvalue weighted by atomic mass is 16.5. The van der Waals surface area contributed by atoms with Crippen molar-refractivity contribution in [2.75, 3.05) is 12.4 Å². The van der Waals surface area contributed by atoms with E-state index >= 15 is 0 Å². The van der Waals surface area contributed by atoms with Crippen molar-refractivity contribution in [2.24, 2.45) is 0 Å².